The fraction of sp³-hybridized carbons (Fsp3) is 0.0476. The molecule has 1 aliphatic rings. The van der Waals surface area contributed by atoms with Crippen molar-refractivity contribution in [2.24, 2.45) is 0 Å². The van der Waals surface area contributed by atoms with Crippen LogP contribution in [0.4, 0.5) is 0 Å². The molecule has 5 heterocycles. The van der Waals surface area contributed by atoms with Crippen LogP contribution in [0.3, 0.4) is 0 Å². The molecule has 7 nitrogen and oxygen atoms in total. The summed E-state index contributed by atoms with van der Waals surface area (Å²) >= 11 is 1.59. The SMILES string of the molecule is Oc1ccc2c(c1)Oc1ncn3nc(-c4cccs4)nc3c1[C@H]2c1cccnc1. The van der Waals surface area contributed by atoms with Crippen molar-refractivity contribution in [2.75, 3.05) is 0 Å². The molecule has 29 heavy (non-hydrogen) atoms. The predicted octanol–water partition coefficient (Wildman–Crippen LogP) is 4.24. The van der Waals surface area contributed by atoms with Crippen molar-refractivity contribution >= 4 is 17.0 Å². The highest BCUT2D eigenvalue weighted by atomic mass is 32.1. The number of hydrogen-bond donors (Lipinski definition) is 1. The van der Waals surface area contributed by atoms with E-state index in [0.717, 1.165) is 21.6 Å². The molecule has 0 radical (unpaired) electrons. The Kier molecular flexibility index (Phi) is 3.41. The zero-order valence-electron chi connectivity index (χ0n) is 14.9. The van der Waals surface area contributed by atoms with Crippen LogP contribution < -0.4 is 4.74 Å². The van der Waals surface area contributed by atoms with Crippen molar-refractivity contribution in [1.82, 2.24) is 24.6 Å². The topological polar surface area (TPSA) is 85.4 Å². The Morgan fingerprint density at radius 2 is 2.10 bits per heavy atom. The number of ether oxygens (including phenoxy) is 1. The molecule has 0 saturated heterocycles. The minimum Gasteiger partial charge on any atom is -0.508 e. The van der Waals surface area contributed by atoms with Crippen LogP contribution in [-0.4, -0.2) is 29.7 Å². The van der Waals surface area contributed by atoms with E-state index in [0.29, 0.717) is 23.1 Å². The first kappa shape index (κ1) is 16.2. The summed E-state index contributed by atoms with van der Waals surface area (Å²) in [5.41, 5.74) is 3.42. The molecule has 0 bridgehead atoms. The monoisotopic (exact) mass is 399 g/mol. The number of hydrogen-bond acceptors (Lipinski definition) is 7. The maximum Gasteiger partial charge on any atom is 0.228 e. The Bertz CT molecular complexity index is 1350. The van der Waals surface area contributed by atoms with E-state index < -0.39 is 0 Å². The number of pyridine rings is 1. The van der Waals surface area contributed by atoms with Crippen molar-refractivity contribution in [2.45, 2.75) is 5.92 Å². The number of phenols is 1. The maximum absolute atomic E-state index is 9.94. The Morgan fingerprint density at radius 1 is 1.14 bits per heavy atom. The molecule has 0 saturated carbocycles. The van der Waals surface area contributed by atoms with Crippen LogP contribution in [0.2, 0.25) is 0 Å². The standard InChI is InChI=1S/C21H13N5O2S/c27-13-5-6-14-15(9-13)28-21-18(17(14)12-3-1-7-22-10-12)20-24-19(16-4-2-8-29-16)25-26(20)11-23-21/h1-11,17,27H/t17-/m0/s1. The fourth-order valence-electron chi connectivity index (χ4n) is 3.71. The van der Waals surface area contributed by atoms with Gasteiger partial charge in [0.2, 0.25) is 5.88 Å². The highest BCUT2D eigenvalue weighted by Crippen LogP contribution is 2.48. The zero-order valence-corrected chi connectivity index (χ0v) is 15.7. The lowest BCUT2D eigenvalue weighted by atomic mass is 9.84. The lowest BCUT2D eigenvalue weighted by molar-refractivity contribution is 0.422. The smallest absolute Gasteiger partial charge is 0.228 e. The molecule has 0 amide bonds. The minimum absolute atomic E-state index is 0.140. The second-order valence-electron chi connectivity index (χ2n) is 6.69. The van der Waals surface area contributed by atoms with Gasteiger partial charge in [0, 0.05) is 29.9 Å². The second-order valence-corrected chi connectivity index (χ2v) is 7.64. The minimum atomic E-state index is -0.195. The van der Waals surface area contributed by atoms with Crippen molar-refractivity contribution in [1.29, 1.82) is 0 Å². The third-order valence-corrected chi connectivity index (χ3v) is 5.82. The molecule has 0 fully saturated rings. The second kappa shape index (κ2) is 6.11. The molecule has 1 N–H and O–H groups in total. The van der Waals surface area contributed by atoms with E-state index >= 15 is 0 Å². The van der Waals surface area contributed by atoms with Crippen LogP contribution >= 0.6 is 11.3 Å². The number of rotatable bonds is 2. The Labute approximate surface area is 168 Å². The van der Waals surface area contributed by atoms with Gasteiger partial charge in [-0.2, -0.15) is 0 Å². The molecular formula is C21H13N5O2S. The van der Waals surface area contributed by atoms with Gasteiger partial charge < -0.3 is 9.84 Å². The molecule has 0 unspecified atom stereocenters. The summed E-state index contributed by atoms with van der Waals surface area (Å²) in [6.07, 6.45) is 5.18. The number of benzene rings is 1. The number of nitrogens with zero attached hydrogens (tertiary/aromatic N) is 5. The lowest BCUT2D eigenvalue weighted by Crippen LogP contribution is -2.15. The number of aromatic nitrogens is 5. The van der Waals surface area contributed by atoms with E-state index in [-0.39, 0.29) is 11.7 Å². The van der Waals surface area contributed by atoms with Gasteiger partial charge in [-0.25, -0.2) is 14.5 Å². The fourth-order valence-corrected chi connectivity index (χ4v) is 4.36. The van der Waals surface area contributed by atoms with Crippen LogP contribution in [0, 0.1) is 0 Å². The number of phenolic OH excluding ortho intramolecular Hbond substituents is 1. The summed E-state index contributed by atoms with van der Waals surface area (Å²) in [5.74, 6) is 1.62. The van der Waals surface area contributed by atoms with Gasteiger partial charge in [0.15, 0.2) is 11.5 Å². The van der Waals surface area contributed by atoms with Crippen molar-refractivity contribution in [3.8, 4) is 28.1 Å². The first-order chi connectivity index (χ1) is 14.3. The van der Waals surface area contributed by atoms with E-state index in [9.17, 15) is 5.11 Å². The van der Waals surface area contributed by atoms with Gasteiger partial charge in [-0.3, -0.25) is 4.98 Å². The zero-order chi connectivity index (χ0) is 19.4. The molecule has 1 aromatic carbocycles. The normalized spacial score (nSPS) is 15.0. The average Bonchev–Trinajstić information content (AvgIpc) is 3.42. The Balaban J connectivity index is 1.64. The third kappa shape index (κ3) is 2.50. The van der Waals surface area contributed by atoms with Gasteiger partial charge in [0.25, 0.3) is 0 Å². The highest BCUT2D eigenvalue weighted by molar-refractivity contribution is 7.13. The number of thiophene rings is 1. The van der Waals surface area contributed by atoms with Crippen molar-refractivity contribution in [3.63, 3.8) is 0 Å². The van der Waals surface area contributed by atoms with Crippen LogP contribution in [-0.2, 0) is 0 Å². The van der Waals surface area contributed by atoms with Crippen LogP contribution in [0.1, 0.15) is 22.6 Å². The summed E-state index contributed by atoms with van der Waals surface area (Å²) in [6.45, 7) is 0. The molecule has 8 heteroatoms. The van der Waals surface area contributed by atoms with Gasteiger partial charge in [-0.1, -0.05) is 18.2 Å². The summed E-state index contributed by atoms with van der Waals surface area (Å²) in [5, 5.41) is 16.5. The molecule has 1 aliphatic heterocycles. The van der Waals surface area contributed by atoms with Gasteiger partial charge in [-0.15, -0.1) is 16.4 Å². The summed E-state index contributed by atoms with van der Waals surface area (Å²) < 4.78 is 7.73. The van der Waals surface area contributed by atoms with Gasteiger partial charge >= 0.3 is 0 Å². The van der Waals surface area contributed by atoms with E-state index in [4.69, 9.17) is 9.72 Å². The number of fused-ring (bicyclic) bond motifs is 4. The molecule has 140 valence electrons. The lowest BCUT2D eigenvalue weighted by Gasteiger charge is -2.27. The Hall–Kier alpha value is -3.78. The summed E-state index contributed by atoms with van der Waals surface area (Å²) in [4.78, 5) is 14.6. The third-order valence-electron chi connectivity index (χ3n) is 4.95. The van der Waals surface area contributed by atoms with E-state index in [1.807, 2.05) is 41.9 Å². The molecule has 4 aromatic heterocycles. The predicted molar refractivity (Wildman–Crippen MR) is 107 cm³/mol. The number of aromatic hydroxyl groups is 1. The van der Waals surface area contributed by atoms with E-state index in [1.165, 1.54) is 0 Å². The van der Waals surface area contributed by atoms with Crippen LogP contribution in [0.25, 0.3) is 16.3 Å². The molecule has 0 spiro atoms. The maximum atomic E-state index is 9.94. The van der Waals surface area contributed by atoms with Gasteiger partial charge in [0.05, 0.1) is 10.4 Å². The van der Waals surface area contributed by atoms with Crippen LogP contribution in [0.15, 0.2) is 66.6 Å². The van der Waals surface area contributed by atoms with E-state index in [2.05, 4.69) is 15.1 Å². The summed E-state index contributed by atoms with van der Waals surface area (Å²) in [7, 11) is 0. The molecule has 6 rings (SSSR count). The van der Waals surface area contributed by atoms with E-state index in [1.54, 1.807) is 40.5 Å². The van der Waals surface area contributed by atoms with Crippen molar-refractivity contribution in [3.05, 3.63) is 83.3 Å². The molecule has 1 atom stereocenters. The first-order valence-electron chi connectivity index (χ1n) is 8.98. The van der Waals surface area contributed by atoms with Gasteiger partial charge in [0.1, 0.15) is 17.8 Å². The molecular weight excluding hydrogens is 386 g/mol. The Morgan fingerprint density at radius 3 is 2.93 bits per heavy atom. The highest BCUT2D eigenvalue weighted by Gasteiger charge is 2.33. The van der Waals surface area contributed by atoms with Crippen LogP contribution in [0.5, 0.6) is 17.4 Å². The molecule has 5 aromatic rings. The molecule has 0 aliphatic carbocycles. The van der Waals surface area contributed by atoms with Crippen molar-refractivity contribution < 1.29 is 9.84 Å². The largest absolute Gasteiger partial charge is 0.508 e. The quantitative estimate of drug-likeness (QED) is 0.469. The first-order valence-corrected chi connectivity index (χ1v) is 9.86. The summed E-state index contributed by atoms with van der Waals surface area (Å²) in [6, 6.07) is 13.0. The van der Waals surface area contributed by atoms with Gasteiger partial charge in [-0.05, 0) is 29.1 Å². The average molecular weight is 399 g/mol.